The topological polar surface area (TPSA) is 270 Å². The van der Waals surface area contributed by atoms with Crippen LogP contribution in [0.25, 0.3) is 0 Å². The zero-order valence-corrected chi connectivity index (χ0v) is 13.0. The van der Waals surface area contributed by atoms with Gasteiger partial charge in [0.25, 0.3) is 0 Å². The number of phosphoric acid groups is 2. The number of rotatable bonds is 5. The van der Waals surface area contributed by atoms with Gasteiger partial charge in [0, 0.05) is 11.8 Å². The number of aromatic nitrogens is 2. The molecular formula is C6H20N6O7P2. The van der Waals surface area contributed by atoms with Crippen LogP contribution in [0.4, 0.5) is 5.82 Å². The molecular weight excluding hydrogens is 330 g/mol. The average Bonchev–Trinajstić information content (AvgIpc) is 2.12. The van der Waals surface area contributed by atoms with E-state index in [4.69, 9.17) is 20.4 Å². The van der Waals surface area contributed by atoms with E-state index >= 15 is 0 Å². The summed E-state index contributed by atoms with van der Waals surface area (Å²) in [6.45, 7) is 1.06. The third-order valence-electron chi connectivity index (χ3n) is 1.61. The molecule has 0 amide bonds. The molecule has 126 valence electrons. The minimum Gasteiger partial charge on any atom is -0.383 e. The van der Waals surface area contributed by atoms with Crippen molar-refractivity contribution in [3.05, 3.63) is 17.6 Å². The molecule has 0 radical (unpaired) electrons. The molecule has 0 spiro atoms. The number of nitrogens with two attached hydrogens (primary N) is 1. The van der Waals surface area contributed by atoms with Crippen LogP contribution in [-0.2, 0) is 24.6 Å². The molecule has 0 saturated carbocycles. The van der Waals surface area contributed by atoms with Crippen LogP contribution in [0.1, 0.15) is 11.4 Å². The molecule has 1 aromatic heterocycles. The molecule has 15 heteroatoms. The van der Waals surface area contributed by atoms with Gasteiger partial charge < -0.3 is 38.9 Å². The number of phosphoric ester groups is 1. The van der Waals surface area contributed by atoms with Gasteiger partial charge in [0.15, 0.2) is 0 Å². The molecule has 1 atom stereocenters. The van der Waals surface area contributed by atoms with Crippen molar-refractivity contribution < 1.29 is 32.6 Å². The maximum Gasteiger partial charge on any atom is 0.481 e. The third kappa shape index (κ3) is 9.55. The first kappa shape index (κ1) is 25.0. The molecule has 0 saturated heterocycles. The molecule has 13 nitrogen and oxygen atoms in total. The minimum absolute atomic E-state index is 0. The number of aryl methyl sites for hydroxylation is 1. The molecule has 0 aliphatic heterocycles. The van der Waals surface area contributed by atoms with Gasteiger partial charge in [-0.15, -0.1) is 0 Å². The summed E-state index contributed by atoms with van der Waals surface area (Å²) in [6, 6.07) is 0. The lowest BCUT2D eigenvalue weighted by molar-refractivity contribution is 0.172. The number of nitrogen functional groups attached to an aromatic ring is 1. The minimum atomic E-state index is -5.13. The summed E-state index contributed by atoms with van der Waals surface area (Å²) in [5.41, 5.74) is 5.67. The molecule has 1 rings (SSSR count). The van der Waals surface area contributed by atoms with E-state index in [1.54, 1.807) is 6.92 Å². The molecule has 1 unspecified atom stereocenters. The van der Waals surface area contributed by atoms with Crippen LogP contribution in [0.5, 0.6) is 0 Å². The molecule has 1 heterocycles. The van der Waals surface area contributed by atoms with Crippen LogP contribution < -0.4 is 24.2 Å². The van der Waals surface area contributed by atoms with Crippen LogP contribution >= 0.6 is 15.6 Å². The summed E-state index contributed by atoms with van der Waals surface area (Å²) in [6.07, 6.45) is 1.26. The number of hydrogen-bond donors (Lipinski definition) is 7. The summed E-state index contributed by atoms with van der Waals surface area (Å²) in [5.74, 6) is 0.425. The van der Waals surface area contributed by atoms with E-state index in [0.717, 1.165) is 0 Å². The van der Waals surface area contributed by atoms with Gasteiger partial charge in [-0.1, -0.05) is 0 Å². The largest absolute Gasteiger partial charge is 0.481 e. The molecule has 0 bridgehead atoms. The van der Waals surface area contributed by atoms with Gasteiger partial charge in [-0.05, 0) is 6.92 Å². The second kappa shape index (κ2) is 9.12. The van der Waals surface area contributed by atoms with Gasteiger partial charge >= 0.3 is 15.6 Å². The second-order valence-electron chi connectivity index (χ2n) is 3.14. The van der Waals surface area contributed by atoms with Crippen LogP contribution in [-0.4, -0.2) is 24.6 Å². The Labute approximate surface area is 120 Å². The third-order valence-corrected chi connectivity index (χ3v) is 3.74. The quantitative estimate of drug-likeness (QED) is 0.358. The Bertz CT molecular complexity index is 536. The lowest BCUT2D eigenvalue weighted by Crippen LogP contribution is -2.03. The average molecular weight is 350 g/mol. The normalized spacial score (nSPS) is 13.1. The van der Waals surface area contributed by atoms with E-state index in [1.165, 1.54) is 6.20 Å². The van der Waals surface area contributed by atoms with Crippen molar-refractivity contribution in [2.24, 2.45) is 0 Å². The fourth-order valence-corrected chi connectivity index (χ4v) is 2.50. The summed E-state index contributed by atoms with van der Waals surface area (Å²) < 4.78 is 29.4. The van der Waals surface area contributed by atoms with Crippen molar-refractivity contribution in [2.45, 2.75) is 13.5 Å². The van der Waals surface area contributed by atoms with E-state index in [9.17, 15) is 9.13 Å². The first-order chi connectivity index (χ1) is 8.09. The predicted molar refractivity (Wildman–Crippen MR) is 74.0 cm³/mol. The molecule has 0 aliphatic carbocycles. The number of hydrogen-bond acceptors (Lipinski definition) is 10. The van der Waals surface area contributed by atoms with E-state index < -0.39 is 22.3 Å². The zero-order valence-electron chi connectivity index (χ0n) is 11.2. The first-order valence-electron chi connectivity index (χ1n) is 4.41. The lowest BCUT2D eigenvalue weighted by Gasteiger charge is -2.12. The summed E-state index contributed by atoms with van der Waals surface area (Å²) in [4.78, 5) is 33.3. The molecule has 21 heavy (non-hydrogen) atoms. The maximum absolute atomic E-state index is 11.1. The fraction of sp³-hybridized carbons (Fsp3) is 0.333. The zero-order chi connectivity index (χ0) is 14.0. The van der Waals surface area contributed by atoms with Crippen LogP contribution in [0.3, 0.4) is 0 Å². The Kier molecular flexibility index (Phi) is 10.9. The van der Waals surface area contributed by atoms with Crippen LogP contribution in [0.2, 0.25) is 0 Å². The monoisotopic (exact) mass is 350 g/mol. The van der Waals surface area contributed by atoms with Crippen molar-refractivity contribution in [1.82, 2.24) is 28.4 Å². The SMILES string of the molecule is Cc1ncc(COP(=O)(O)OP(=O)(O)O)c(N)n1.N.N.N. The highest BCUT2D eigenvalue weighted by Crippen LogP contribution is 2.57. The van der Waals surface area contributed by atoms with E-state index in [2.05, 4.69) is 18.8 Å². The smallest absolute Gasteiger partial charge is 0.383 e. The molecule has 1 aromatic rings. The van der Waals surface area contributed by atoms with Crippen molar-refractivity contribution in [3.8, 4) is 0 Å². The molecule has 0 fully saturated rings. The summed E-state index contributed by atoms with van der Waals surface area (Å²) in [5, 5.41) is 0. The summed E-state index contributed by atoms with van der Waals surface area (Å²) >= 11 is 0. The first-order valence-corrected chi connectivity index (χ1v) is 7.44. The number of nitrogens with zero attached hydrogens (tertiary/aromatic N) is 2. The van der Waals surface area contributed by atoms with E-state index in [0.29, 0.717) is 5.82 Å². The van der Waals surface area contributed by atoms with Gasteiger partial charge in [-0.2, -0.15) is 4.31 Å². The maximum atomic E-state index is 11.1. The van der Waals surface area contributed by atoms with Crippen molar-refractivity contribution in [2.75, 3.05) is 5.73 Å². The fourth-order valence-electron chi connectivity index (χ4n) is 0.933. The van der Waals surface area contributed by atoms with Crippen LogP contribution in [0.15, 0.2) is 6.20 Å². The van der Waals surface area contributed by atoms with Crippen molar-refractivity contribution in [1.29, 1.82) is 0 Å². The Hall–Kier alpha value is -0.980. The van der Waals surface area contributed by atoms with Crippen molar-refractivity contribution in [3.63, 3.8) is 0 Å². The Morgan fingerprint density at radius 1 is 1.24 bits per heavy atom. The highest BCUT2D eigenvalue weighted by atomic mass is 31.3. The predicted octanol–water partition coefficient (Wildman–Crippen LogP) is 0.580. The standard InChI is InChI=1S/C6H11N3O7P2.3H3N/c1-4-8-2-5(6(7)9-4)3-15-18(13,14)16-17(10,11)12;;;/h2H,3H2,1H3,(H,13,14)(H2,7,8,9)(H2,10,11,12);3*1H3. The van der Waals surface area contributed by atoms with Gasteiger partial charge in [-0.3, -0.25) is 4.52 Å². The van der Waals surface area contributed by atoms with E-state index in [-0.39, 0.29) is 29.8 Å². The van der Waals surface area contributed by atoms with Gasteiger partial charge in [-0.25, -0.2) is 19.1 Å². The molecule has 0 aromatic carbocycles. The molecule has 0 aliphatic rings. The van der Waals surface area contributed by atoms with Gasteiger partial charge in [0.1, 0.15) is 11.6 Å². The van der Waals surface area contributed by atoms with Gasteiger partial charge in [0.2, 0.25) is 0 Å². The Morgan fingerprint density at radius 2 is 1.76 bits per heavy atom. The van der Waals surface area contributed by atoms with Crippen molar-refractivity contribution >= 4 is 21.5 Å². The Balaban J connectivity index is -0.00000108. The van der Waals surface area contributed by atoms with Gasteiger partial charge in [0.05, 0.1) is 6.61 Å². The highest BCUT2D eigenvalue weighted by Gasteiger charge is 2.32. The van der Waals surface area contributed by atoms with Crippen LogP contribution in [0, 0.1) is 6.92 Å². The second-order valence-corrected chi connectivity index (χ2v) is 5.97. The van der Waals surface area contributed by atoms with E-state index in [1.807, 2.05) is 0 Å². The lowest BCUT2D eigenvalue weighted by atomic mass is 10.3. The molecule has 14 N–H and O–H groups in total. The number of anilines is 1. The highest BCUT2D eigenvalue weighted by molar-refractivity contribution is 7.60. The Morgan fingerprint density at radius 3 is 2.19 bits per heavy atom. The summed E-state index contributed by atoms with van der Waals surface area (Å²) in [7, 11) is -10.0.